The molecule has 0 saturated heterocycles. The van der Waals surface area contributed by atoms with Crippen molar-refractivity contribution in [1.82, 2.24) is 15.1 Å². The molecule has 1 atom stereocenters. The topological polar surface area (TPSA) is 29.9 Å². The molecule has 3 heteroatoms. The summed E-state index contributed by atoms with van der Waals surface area (Å²) in [4.78, 5) is 0. The van der Waals surface area contributed by atoms with E-state index in [-0.39, 0.29) is 0 Å². The Morgan fingerprint density at radius 2 is 2.18 bits per heavy atom. The van der Waals surface area contributed by atoms with Crippen LogP contribution < -0.4 is 5.32 Å². The van der Waals surface area contributed by atoms with Crippen LogP contribution in [-0.2, 0) is 13.5 Å². The van der Waals surface area contributed by atoms with Gasteiger partial charge in [-0.3, -0.25) is 4.68 Å². The van der Waals surface area contributed by atoms with Crippen LogP contribution >= 0.6 is 0 Å². The minimum Gasteiger partial charge on any atom is -0.314 e. The van der Waals surface area contributed by atoms with Gasteiger partial charge in [0.2, 0.25) is 0 Å². The first-order chi connectivity index (χ1) is 7.95. The van der Waals surface area contributed by atoms with Gasteiger partial charge in [0.05, 0.1) is 6.20 Å². The molecule has 1 unspecified atom stereocenters. The van der Waals surface area contributed by atoms with Crippen molar-refractivity contribution in [3.05, 3.63) is 18.0 Å². The van der Waals surface area contributed by atoms with Gasteiger partial charge in [0.15, 0.2) is 0 Å². The fourth-order valence-corrected chi connectivity index (χ4v) is 1.89. The van der Waals surface area contributed by atoms with Gasteiger partial charge in [-0.2, -0.15) is 5.10 Å². The molecule has 1 aromatic rings. The maximum Gasteiger partial charge on any atom is 0.0521 e. The van der Waals surface area contributed by atoms with Crippen molar-refractivity contribution < 1.29 is 0 Å². The second-order valence-electron chi connectivity index (χ2n) is 5.72. The third kappa shape index (κ3) is 4.90. The number of aryl methyl sites for hydroxylation is 2. The van der Waals surface area contributed by atoms with Crippen LogP contribution in [-0.4, -0.2) is 22.4 Å². The number of aromatic nitrogens is 2. The van der Waals surface area contributed by atoms with Gasteiger partial charge in [0.1, 0.15) is 0 Å². The predicted molar refractivity (Wildman–Crippen MR) is 73.1 cm³/mol. The summed E-state index contributed by atoms with van der Waals surface area (Å²) in [6, 6.07) is 0.569. The lowest BCUT2D eigenvalue weighted by Crippen LogP contribution is -2.35. The van der Waals surface area contributed by atoms with Gasteiger partial charge >= 0.3 is 0 Å². The van der Waals surface area contributed by atoms with E-state index < -0.39 is 0 Å². The lowest BCUT2D eigenvalue weighted by Gasteiger charge is -2.29. The Morgan fingerprint density at radius 1 is 1.47 bits per heavy atom. The van der Waals surface area contributed by atoms with Gasteiger partial charge in [0.25, 0.3) is 0 Å². The van der Waals surface area contributed by atoms with E-state index in [1.54, 1.807) is 0 Å². The smallest absolute Gasteiger partial charge is 0.0521 e. The van der Waals surface area contributed by atoms with Crippen LogP contribution in [0.2, 0.25) is 0 Å². The Balaban J connectivity index is 2.45. The predicted octanol–water partition coefficient (Wildman–Crippen LogP) is 2.77. The van der Waals surface area contributed by atoms with E-state index in [9.17, 15) is 0 Å². The lowest BCUT2D eigenvalue weighted by atomic mass is 9.81. The Labute approximate surface area is 106 Å². The third-order valence-electron chi connectivity index (χ3n) is 3.57. The van der Waals surface area contributed by atoms with Crippen LogP contribution in [0.1, 0.15) is 46.1 Å². The molecule has 0 fully saturated rings. The molecule has 98 valence electrons. The third-order valence-corrected chi connectivity index (χ3v) is 3.57. The van der Waals surface area contributed by atoms with Crippen molar-refractivity contribution in [2.24, 2.45) is 12.5 Å². The van der Waals surface area contributed by atoms with E-state index in [0.717, 1.165) is 13.0 Å². The van der Waals surface area contributed by atoms with E-state index in [0.29, 0.717) is 11.5 Å². The van der Waals surface area contributed by atoms with Gasteiger partial charge in [-0.1, -0.05) is 27.7 Å². The minimum absolute atomic E-state index is 0.389. The molecule has 0 aromatic carbocycles. The molecule has 0 amide bonds. The highest BCUT2D eigenvalue weighted by atomic mass is 15.2. The first kappa shape index (κ1) is 14.2. The quantitative estimate of drug-likeness (QED) is 0.790. The molecule has 0 spiro atoms. The molecule has 0 radical (unpaired) electrons. The molecule has 0 aliphatic heterocycles. The first-order valence-electron chi connectivity index (χ1n) is 6.66. The van der Waals surface area contributed by atoms with Crippen LogP contribution in [0.15, 0.2) is 12.4 Å². The Kier molecular flexibility index (Phi) is 5.19. The summed E-state index contributed by atoms with van der Waals surface area (Å²) in [5.41, 5.74) is 1.73. The van der Waals surface area contributed by atoms with Crippen LogP contribution in [0.4, 0.5) is 0 Å². The molecule has 0 aliphatic rings. The minimum atomic E-state index is 0.389. The summed E-state index contributed by atoms with van der Waals surface area (Å²) in [5, 5.41) is 7.78. The Bertz CT molecular complexity index is 330. The summed E-state index contributed by atoms with van der Waals surface area (Å²) >= 11 is 0. The standard InChI is InChI=1S/C14H27N3/c1-6-14(4,11-15-12(2)3)8-7-13-9-16-17(5)10-13/h9-10,12,15H,6-8,11H2,1-5H3. The van der Waals surface area contributed by atoms with Gasteiger partial charge in [-0.15, -0.1) is 0 Å². The first-order valence-corrected chi connectivity index (χ1v) is 6.66. The van der Waals surface area contributed by atoms with Crippen molar-refractivity contribution in [2.45, 2.75) is 53.0 Å². The van der Waals surface area contributed by atoms with Crippen molar-refractivity contribution in [1.29, 1.82) is 0 Å². The summed E-state index contributed by atoms with van der Waals surface area (Å²) < 4.78 is 1.88. The average molecular weight is 237 g/mol. The number of nitrogens with one attached hydrogen (secondary N) is 1. The molecule has 17 heavy (non-hydrogen) atoms. The number of nitrogens with zero attached hydrogens (tertiary/aromatic N) is 2. The maximum atomic E-state index is 4.22. The summed E-state index contributed by atoms with van der Waals surface area (Å²) in [7, 11) is 1.98. The summed E-state index contributed by atoms with van der Waals surface area (Å²) in [5.74, 6) is 0. The summed E-state index contributed by atoms with van der Waals surface area (Å²) in [6.07, 6.45) is 7.65. The fraction of sp³-hybridized carbons (Fsp3) is 0.786. The Morgan fingerprint density at radius 3 is 2.65 bits per heavy atom. The van der Waals surface area contributed by atoms with Crippen LogP contribution in [0, 0.1) is 5.41 Å². The molecule has 0 aliphatic carbocycles. The van der Waals surface area contributed by atoms with Gasteiger partial charge in [0, 0.05) is 25.8 Å². The maximum absolute atomic E-state index is 4.22. The molecule has 1 aromatic heterocycles. The van der Waals surface area contributed by atoms with Gasteiger partial charge < -0.3 is 5.32 Å². The number of rotatable bonds is 7. The van der Waals surface area contributed by atoms with Crippen molar-refractivity contribution in [3.63, 3.8) is 0 Å². The SMILES string of the molecule is CCC(C)(CCc1cnn(C)c1)CNC(C)C. The highest BCUT2D eigenvalue weighted by molar-refractivity contribution is 5.04. The Hall–Kier alpha value is -0.830. The van der Waals surface area contributed by atoms with Gasteiger partial charge in [-0.25, -0.2) is 0 Å². The normalized spacial score (nSPS) is 15.2. The average Bonchev–Trinajstić information content (AvgIpc) is 2.70. The van der Waals surface area contributed by atoms with E-state index in [2.05, 4.69) is 44.3 Å². The molecule has 0 bridgehead atoms. The van der Waals surface area contributed by atoms with Crippen molar-refractivity contribution in [3.8, 4) is 0 Å². The van der Waals surface area contributed by atoms with E-state index in [1.807, 2.05) is 17.9 Å². The van der Waals surface area contributed by atoms with Crippen LogP contribution in [0.25, 0.3) is 0 Å². The molecule has 3 nitrogen and oxygen atoms in total. The second kappa shape index (κ2) is 6.20. The van der Waals surface area contributed by atoms with E-state index in [4.69, 9.17) is 0 Å². The monoisotopic (exact) mass is 237 g/mol. The number of hydrogen-bond donors (Lipinski definition) is 1. The molecule has 1 N–H and O–H groups in total. The van der Waals surface area contributed by atoms with Gasteiger partial charge in [-0.05, 0) is 30.2 Å². The van der Waals surface area contributed by atoms with Crippen LogP contribution in [0.5, 0.6) is 0 Å². The zero-order valence-corrected chi connectivity index (χ0v) is 12.0. The fourth-order valence-electron chi connectivity index (χ4n) is 1.89. The van der Waals surface area contributed by atoms with Crippen molar-refractivity contribution >= 4 is 0 Å². The lowest BCUT2D eigenvalue weighted by molar-refractivity contribution is 0.262. The zero-order valence-electron chi connectivity index (χ0n) is 12.0. The van der Waals surface area contributed by atoms with E-state index in [1.165, 1.54) is 18.4 Å². The van der Waals surface area contributed by atoms with Crippen molar-refractivity contribution in [2.75, 3.05) is 6.54 Å². The molecule has 1 rings (SSSR count). The highest BCUT2D eigenvalue weighted by Crippen LogP contribution is 2.26. The molecule has 0 saturated carbocycles. The second-order valence-corrected chi connectivity index (χ2v) is 5.72. The number of hydrogen-bond acceptors (Lipinski definition) is 2. The van der Waals surface area contributed by atoms with Crippen LogP contribution in [0.3, 0.4) is 0 Å². The molecular weight excluding hydrogens is 210 g/mol. The summed E-state index contributed by atoms with van der Waals surface area (Å²) in [6.45, 7) is 10.2. The highest BCUT2D eigenvalue weighted by Gasteiger charge is 2.22. The molecular formula is C14H27N3. The van der Waals surface area contributed by atoms with E-state index >= 15 is 0 Å². The largest absolute Gasteiger partial charge is 0.314 e. The molecule has 1 heterocycles. The zero-order chi connectivity index (χ0) is 12.9.